The van der Waals surface area contributed by atoms with Crippen LogP contribution in [-0.2, 0) is 34.9 Å². The minimum absolute atomic E-state index is 0.0707. The van der Waals surface area contributed by atoms with E-state index >= 15 is 0 Å². The molecule has 13 heteroatoms. The number of hydrogen-bond acceptors (Lipinski definition) is 8. The number of piperidine rings is 1. The van der Waals surface area contributed by atoms with E-state index in [9.17, 15) is 18.0 Å². The summed E-state index contributed by atoms with van der Waals surface area (Å²) in [4.78, 5) is 35.3. The van der Waals surface area contributed by atoms with E-state index in [2.05, 4.69) is 39.3 Å². The van der Waals surface area contributed by atoms with Crippen LogP contribution in [0, 0.1) is 0 Å². The maximum Gasteiger partial charge on any atom is 0.453 e. The number of imidazole rings is 1. The number of benzene rings is 1. The first-order chi connectivity index (χ1) is 16.8. The molecule has 12 nitrogen and oxygen atoms in total. The number of nitrogens with one attached hydrogen (secondary N) is 1. The van der Waals surface area contributed by atoms with Crippen LogP contribution >= 0.6 is 0 Å². The number of aromatic nitrogens is 5. The maximum atomic E-state index is 13.0. The number of aromatic amines is 1. The van der Waals surface area contributed by atoms with Crippen LogP contribution in [0.2, 0.25) is 0 Å². The van der Waals surface area contributed by atoms with Gasteiger partial charge in [0.15, 0.2) is 17.9 Å². The zero-order valence-electron chi connectivity index (χ0n) is 19.0. The minimum atomic E-state index is -4.49. The summed E-state index contributed by atoms with van der Waals surface area (Å²) in [7, 11) is -3.03. The number of fused-ring (bicyclic) bond motifs is 3. The Morgan fingerprint density at radius 2 is 1.91 bits per heavy atom. The molecule has 2 aliphatic heterocycles. The Morgan fingerprint density at radius 3 is 2.71 bits per heavy atom. The molecule has 0 saturated carbocycles. The summed E-state index contributed by atoms with van der Waals surface area (Å²) in [6, 6.07) is 8.00. The van der Waals surface area contributed by atoms with Crippen LogP contribution in [0.4, 0.5) is 0 Å². The zero-order chi connectivity index (χ0) is 24.3. The fraction of sp³-hybridized carbons (Fsp3) is 0.409. The lowest BCUT2D eigenvalue weighted by Gasteiger charge is -2.32. The average molecular weight is 501 g/mol. The molecule has 0 radical (unpaired) electrons. The SMILES string of the molecule is Cn1c(=O)n2c(=O)c3c1nc(n3CCN1CCC(c3c[nH]c4ccccc34)CC1)OS(=O)(=O)OC2. The summed E-state index contributed by atoms with van der Waals surface area (Å²) >= 11 is 0. The van der Waals surface area contributed by atoms with Gasteiger partial charge in [0.1, 0.15) is 0 Å². The Balaban J connectivity index is 1.25. The Morgan fingerprint density at radius 1 is 1.14 bits per heavy atom. The molecule has 3 bridgehead atoms. The molecule has 1 N–H and O–H groups in total. The van der Waals surface area contributed by atoms with Gasteiger partial charge in [-0.3, -0.25) is 13.9 Å². The lowest BCUT2D eigenvalue weighted by atomic mass is 9.89. The molecule has 0 aliphatic carbocycles. The molecule has 0 spiro atoms. The number of rotatable bonds is 4. The highest BCUT2D eigenvalue weighted by atomic mass is 32.3. The van der Waals surface area contributed by atoms with Crippen molar-refractivity contribution in [1.82, 2.24) is 28.6 Å². The van der Waals surface area contributed by atoms with E-state index in [1.807, 2.05) is 6.07 Å². The van der Waals surface area contributed by atoms with Crippen molar-refractivity contribution in [3.05, 3.63) is 56.9 Å². The van der Waals surface area contributed by atoms with Gasteiger partial charge in [-0.05, 0) is 43.5 Å². The summed E-state index contributed by atoms with van der Waals surface area (Å²) < 4.78 is 37.4. The number of H-pyrrole nitrogens is 1. The molecule has 1 fully saturated rings. The summed E-state index contributed by atoms with van der Waals surface area (Å²) in [5, 5.41) is 1.26. The lowest BCUT2D eigenvalue weighted by molar-refractivity contribution is 0.197. The molecular weight excluding hydrogens is 476 g/mol. The van der Waals surface area contributed by atoms with Crippen molar-refractivity contribution in [2.45, 2.75) is 32.0 Å². The Bertz CT molecular complexity index is 1670. The van der Waals surface area contributed by atoms with Crippen LogP contribution < -0.4 is 15.4 Å². The zero-order valence-corrected chi connectivity index (χ0v) is 19.8. The highest BCUT2D eigenvalue weighted by Gasteiger charge is 2.29. The van der Waals surface area contributed by atoms with E-state index in [1.54, 1.807) is 0 Å². The highest BCUT2D eigenvalue weighted by Crippen LogP contribution is 2.33. The van der Waals surface area contributed by atoms with Crippen molar-refractivity contribution in [2.75, 3.05) is 19.6 Å². The summed E-state index contributed by atoms with van der Waals surface area (Å²) in [5.74, 6) is 0.452. The van der Waals surface area contributed by atoms with Gasteiger partial charge in [0.05, 0.1) is 0 Å². The Labute approximate surface area is 199 Å². The van der Waals surface area contributed by atoms with E-state index < -0.39 is 28.4 Å². The van der Waals surface area contributed by atoms with E-state index in [0.717, 1.165) is 36.0 Å². The van der Waals surface area contributed by atoms with Gasteiger partial charge in [-0.15, -0.1) is 0 Å². The van der Waals surface area contributed by atoms with Crippen molar-refractivity contribution < 1.29 is 16.8 Å². The summed E-state index contributed by atoms with van der Waals surface area (Å²) in [5.41, 5.74) is 1.27. The Kier molecular flexibility index (Phi) is 5.09. The van der Waals surface area contributed by atoms with Gasteiger partial charge in [0, 0.05) is 37.2 Å². The number of likely N-dealkylation sites (tertiary alicyclic amines) is 1. The van der Waals surface area contributed by atoms with Crippen LogP contribution in [0.3, 0.4) is 0 Å². The quantitative estimate of drug-likeness (QED) is 0.436. The monoisotopic (exact) mass is 500 g/mol. The van der Waals surface area contributed by atoms with Gasteiger partial charge in [-0.1, -0.05) is 18.2 Å². The van der Waals surface area contributed by atoms with Gasteiger partial charge in [0.2, 0.25) is 0 Å². The maximum absolute atomic E-state index is 13.0. The van der Waals surface area contributed by atoms with Crippen molar-refractivity contribution >= 4 is 32.5 Å². The fourth-order valence-electron chi connectivity index (χ4n) is 5.11. The van der Waals surface area contributed by atoms with Crippen LogP contribution in [-0.4, -0.2) is 56.6 Å². The second-order valence-corrected chi connectivity index (χ2v) is 10.2. The third kappa shape index (κ3) is 3.66. The molecular formula is C22H24N6O6S. The first kappa shape index (κ1) is 22.1. The third-order valence-electron chi connectivity index (χ3n) is 6.99. The van der Waals surface area contributed by atoms with Crippen LogP contribution in [0.25, 0.3) is 22.1 Å². The van der Waals surface area contributed by atoms with Gasteiger partial charge >= 0.3 is 22.1 Å². The molecule has 1 aromatic carbocycles. The average Bonchev–Trinajstić information content (AvgIpc) is 3.43. The van der Waals surface area contributed by atoms with Gasteiger partial charge in [-0.2, -0.15) is 13.4 Å². The van der Waals surface area contributed by atoms with Crippen LogP contribution in [0.15, 0.2) is 40.1 Å². The lowest BCUT2D eigenvalue weighted by Crippen LogP contribution is -2.41. The minimum Gasteiger partial charge on any atom is -0.361 e. The van der Waals surface area contributed by atoms with E-state index in [1.165, 1.54) is 27.1 Å². The van der Waals surface area contributed by atoms with E-state index in [0.29, 0.717) is 12.5 Å². The standard InChI is InChI=1S/C22H24N6O6S/c1-25-19-18-20(29)28(22(25)30)13-33-35(31,32)34-21(24-19)27(18)11-10-26-8-6-14(7-9-26)16-12-23-17-5-3-2-4-15(16)17/h2-5,12,14,23H,6-11,13H2,1H3. The normalized spacial score (nSPS) is 18.7. The Hall–Kier alpha value is -3.42. The second kappa shape index (κ2) is 8.07. The molecule has 2 aliphatic rings. The second-order valence-electron chi connectivity index (χ2n) is 8.94. The molecule has 35 heavy (non-hydrogen) atoms. The largest absolute Gasteiger partial charge is 0.453 e. The third-order valence-corrected chi connectivity index (χ3v) is 7.74. The van der Waals surface area contributed by atoms with E-state index in [4.69, 9.17) is 8.37 Å². The fourth-order valence-corrected chi connectivity index (χ4v) is 5.70. The number of nitrogens with zero attached hydrogens (tertiary/aromatic N) is 5. The van der Waals surface area contributed by atoms with Crippen molar-refractivity contribution in [3.8, 4) is 6.01 Å². The topological polar surface area (TPSA) is 133 Å². The molecule has 0 atom stereocenters. The predicted octanol–water partition coefficient (Wildman–Crippen LogP) is 0.869. The summed E-state index contributed by atoms with van der Waals surface area (Å²) in [6.45, 7) is 1.79. The van der Waals surface area contributed by atoms with Gasteiger partial charge < -0.3 is 14.1 Å². The predicted molar refractivity (Wildman–Crippen MR) is 127 cm³/mol. The molecule has 4 aromatic rings. The highest BCUT2D eigenvalue weighted by molar-refractivity contribution is 7.82. The number of aryl methyl sites for hydroxylation is 1. The van der Waals surface area contributed by atoms with Gasteiger partial charge in [-0.25, -0.2) is 13.5 Å². The van der Waals surface area contributed by atoms with Crippen molar-refractivity contribution in [1.29, 1.82) is 0 Å². The van der Waals surface area contributed by atoms with Crippen LogP contribution in [0.5, 0.6) is 6.01 Å². The summed E-state index contributed by atoms with van der Waals surface area (Å²) in [6.07, 6.45) is 4.07. The molecule has 184 valence electrons. The van der Waals surface area contributed by atoms with Crippen LogP contribution in [0.1, 0.15) is 24.3 Å². The van der Waals surface area contributed by atoms with Gasteiger partial charge in [0.25, 0.3) is 5.56 Å². The number of hydrogen-bond donors (Lipinski definition) is 1. The molecule has 3 aromatic heterocycles. The van der Waals surface area contributed by atoms with Crippen molar-refractivity contribution in [2.24, 2.45) is 7.05 Å². The van der Waals surface area contributed by atoms with E-state index in [-0.39, 0.29) is 23.7 Å². The molecule has 5 heterocycles. The molecule has 6 rings (SSSR count). The first-order valence-electron chi connectivity index (χ1n) is 11.4. The number of para-hydroxylation sites is 1. The molecule has 0 unspecified atom stereocenters. The smallest absolute Gasteiger partial charge is 0.361 e. The van der Waals surface area contributed by atoms with Crippen molar-refractivity contribution in [3.63, 3.8) is 0 Å². The molecule has 1 saturated heterocycles. The first-order valence-corrected chi connectivity index (χ1v) is 12.7. The molecule has 0 amide bonds.